The summed E-state index contributed by atoms with van der Waals surface area (Å²) in [4.78, 5) is 14.7. The molecule has 0 aliphatic carbocycles. The van der Waals surface area contributed by atoms with Crippen molar-refractivity contribution in [1.82, 2.24) is 14.7 Å². The van der Waals surface area contributed by atoms with Gasteiger partial charge in [-0.15, -0.1) is 0 Å². The highest BCUT2D eigenvalue weighted by Gasteiger charge is 2.16. The number of anilines is 1. The van der Waals surface area contributed by atoms with Crippen LogP contribution < -0.4 is 5.32 Å². The molecule has 1 aromatic heterocycles. The summed E-state index contributed by atoms with van der Waals surface area (Å²) in [5, 5.41) is 9.93. The third-order valence-corrected chi connectivity index (χ3v) is 5.35. The van der Waals surface area contributed by atoms with E-state index in [9.17, 15) is 4.79 Å². The molecule has 1 amide bonds. The Morgan fingerprint density at radius 3 is 2.47 bits per heavy atom. The van der Waals surface area contributed by atoms with E-state index in [1.165, 1.54) is 0 Å². The molecule has 3 aromatic carbocycles. The summed E-state index contributed by atoms with van der Waals surface area (Å²) in [7, 11) is 1.96. The molecule has 5 nitrogen and oxygen atoms in total. The van der Waals surface area contributed by atoms with Gasteiger partial charge >= 0.3 is 0 Å². The number of likely N-dealkylation sites (N-methyl/N-ethyl adjacent to an activating group) is 1. The number of nitrogens with one attached hydrogen (secondary N) is 1. The molecule has 0 saturated heterocycles. The molecule has 5 heteroatoms. The summed E-state index contributed by atoms with van der Waals surface area (Å²) in [6.45, 7) is 5.06. The Morgan fingerprint density at radius 1 is 0.967 bits per heavy atom. The van der Waals surface area contributed by atoms with Gasteiger partial charge in [0.15, 0.2) is 0 Å². The van der Waals surface area contributed by atoms with Gasteiger partial charge in [-0.05, 0) is 44.5 Å². The second-order valence-corrected chi connectivity index (χ2v) is 7.64. The molecule has 0 atom stereocenters. The lowest BCUT2D eigenvalue weighted by Crippen LogP contribution is -2.30. The zero-order valence-corrected chi connectivity index (χ0v) is 17.6. The van der Waals surface area contributed by atoms with Crippen LogP contribution in [0.1, 0.15) is 17.0 Å². The number of para-hydroxylation sites is 1. The van der Waals surface area contributed by atoms with E-state index in [1.807, 2.05) is 96.3 Å². The summed E-state index contributed by atoms with van der Waals surface area (Å²) < 4.78 is 1.97. The van der Waals surface area contributed by atoms with E-state index in [0.29, 0.717) is 13.1 Å². The van der Waals surface area contributed by atoms with Crippen LogP contribution >= 0.6 is 0 Å². The number of carbonyl (C=O) groups is 1. The topological polar surface area (TPSA) is 50.2 Å². The van der Waals surface area contributed by atoms with Crippen molar-refractivity contribution in [3.05, 3.63) is 89.7 Å². The van der Waals surface area contributed by atoms with Crippen LogP contribution in [-0.4, -0.2) is 34.2 Å². The van der Waals surface area contributed by atoms with E-state index < -0.39 is 0 Å². The zero-order valence-electron chi connectivity index (χ0n) is 17.6. The summed E-state index contributed by atoms with van der Waals surface area (Å²) in [5.74, 6) is -0.0281. The minimum absolute atomic E-state index is 0.0281. The highest BCUT2D eigenvalue weighted by atomic mass is 16.2. The van der Waals surface area contributed by atoms with Crippen molar-refractivity contribution < 1.29 is 4.79 Å². The number of nitrogens with zero attached hydrogens (tertiary/aromatic N) is 3. The molecule has 30 heavy (non-hydrogen) atoms. The first-order valence-electron chi connectivity index (χ1n) is 10.1. The second-order valence-electron chi connectivity index (χ2n) is 7.64. The molecule has 0 saturated carbocycles. The van der Waals surface area contributed by atoms with Gasteiger partial charge in [-0.25, -0.2) is 4.68 Å². The first-order chi connectivity index (χ1) is 14.5. The average molecular weight is 399 g/mol. The standard InChI is InChI=1S/C25H26N4O/c1-18-23(19(2)29(27-18)21-12-5-4-6-13-21)16-28(3)17-25(30)26-24-15-9-11-20-10-7-8-14-22(20)24/h4-15H,16-17H2,1-3H3,(H,26,30). The van der Waals surface area contributed by atoms with Crippen molar-refractivity contribution in [1.29, 1.82) is 0 Å². The number of hydrogen-bond donors (Lipinski definition) is 1. The van der Waals surface area contributed by atoms with Crippen molar-refractivity contribution >= 4 is 22.4 Å². The number of hydrogen-bond acceptors (Lipinski definition) is 3. The summed E-state index contributed by atoms with van der Waals surface area (Å²) in [6, 6.07) is 24.1. The number of carbonyl (C=O) groups excluding carboxylic acids is 1. The van der Waals surface area contributed by atoms with Gasteiger partial charge in [0.1, 0.15) is 0 Å². The minimum atomic E-state index is -0.0281. The van der Waals surface area contributed by atoms with Crippen LogP contribution in [0.25, 0.3) is 16.5 Å². The van der Waals surface area contributed by atoms with Crippen LogP contribution in [0.3, 0.4) is 0 Å². The number of rotatable bonds is 6. The highest BCUT2D eigenvalue weighted by molar-refractivity contribution is 6.02. The van der Waals surface area contributed by atoms with Crippen LogP contribution in [0.15, 0.2) is 72.8 Å². The zero-order chi connectivity index (χ0) is 21.1. The quantitative estimate of drug-likeness (QED) is 0.512. The molecule has 4 aromatic rings. The largest absolute Gasteiger partial charge is 0.324 e. The molecule has 4 rings (SSSR count). The third-order valence-electron chi connectivity index (χ3n) is 5.35. The molecule has 0 spiro atoms. The van der Waals surface area contributed by atoms with Gasteiger partial charge < -0.3 is 5.32 Å². The number of fused-ring (bicyclic) bond motifs is 1. The Kier molecular flexibility index (Phi) is 5.63. The van der Waals surface area contributed by atoms with Crippen molar-refractivity contribution in [2.45, 2.75) is 20.4 Å². The van der Waals surface area contributed by atoms with Crippen molar-refractivity contribution in [3.8, 4) is 5.69 Å². The summed E-state index contributed by atoms with van der Waals surface area (Å²) in [5.41, 5.74) is 5.12. The smallest absolute Gasteiger partial charge is 0.238 e. The van der Waals surface area contributed by atoms with Crippen molar-refractivity contribution in [2.75, 3.05) is 18.9 Å². The molecule has 0 bridgehead atoms. The van der Waals surface area contributed by atoms with Crippen LogP contribution in [0.2, 0.25) is 0 Å². The lowest BCUT2D eigenvalue weighted by atomic mass is 10.1. The predicted molar refractivity (Wildman–Crippen MR) is 122 cm³/mol. The molecular formula is C25H26N4O. The Balaban J connectivity index is 1.45. The maximum atomic E-state index is 12.7. The lowest BCUT2D eigenvalue weighted by molar-refractivity contribution is -0.117. The van der Waals surface area contributed by atoms with Gasteiger partial charge in [0.25, 0.3) is 0 Å². The monoisotopic (exact) mass is 398 g/mol. The van der Waals surface area contributed by atoms with E-state index in [4.69, 9.17) is 5.10 Å². The van der Waals surface area contributed by atoms with Gasteiger partial charge in [-0.1, -0.05) is 54.6 Å². The average Bonchev–Trinajstić information content (AvgIpc) is 3.03. The maximum Gasteiger partial charge on any atom is 0.238 e. The molecule has 1 heterocycles. The maximum absolute atomic E-state index is 12.7. The van der Waals surface area contributed by atoms with Gasteiger partial charge in [0.2, 0.25) is 5.91 Å². The highest BCUT2D eigenvalue weighted by Crippen LogP contribution is 2.23. The molecular weight excluding hydrogens is 372 g/mol. The molecule has 0 fully saturated rings. The Morgan fingerprint density at radius 2 is 1.67 bits per heavy atom. The Hall–Kier alpha value is -3.44. The van der Waals surface area contributed by atoms with Gasteiger partial charge in [0, 0.05) is 28.9 Å². The fraction of sp³-hybridized carbons (Fsp3) is 0.200. The number of benzene rings is 3. The molecule has 0 unspecified atom stereocenters. The summed E-state index contributed by atoms with van der Waals surface area (Å²) in [6.07, 6.45) is 0. The number of aromatic nitrogens is 2. The minimum Gasteiger partial charge on any atom is -0.324 e. The molecule has 0 aliphatic rings. The van der Waals surface area contributed by atoms with E-state index in [-0.39, 0.29) is 5.91 Å². The fourth-order valence-corrected chi connectivity index (χ4v) is 3.82. The van der Waals surface area contributed by atoms with E-state index >= 15 is 0 Å². The van der Waals surface area contributed by atoms with Gasteiger partial charge in [-0.3, -0.25) is 9.69 Å². The first-order valence-corrected chi connectivity index (χ1v) is 10.1. The first kappa shape index (κ1) is 19.9. The molecule has 0 aliphatic heterocycles. The fourth-order valence-electron chi connectivity index (χ4n) is 3.82. The van der Waals surface area contributed by atoms with E-state index in [2.05, 4.69) is 12.2 Å². The van der Waals surface area contributed by atoms with Crippen LogP contribution in [-0.2, 0) is 11.3 Å². The number of amides is 1. The van der Waals surface area contributed by atoms with Gasteiger partial charge in [0.05, 0.1) is 17.9 Å². The van der Waals surface area contributed by atoms with Crippen LogP contribution in [0, 0.1) is 13.8 Å². The van der Waals surface area contributed by atoms with Crippen molar-refractivity contribution in [3.63, 3.8) is 0 Å². The Bertz CT molecular complexity index is 1180. The normalized spacial score (nSPS) is 11.2. The summed E-state index contributed by atoms with van der Waals surface area (Å²) >= 11 is 0. The van der Waals surface area contributed by atoms with E-state index in [1.54, 1.807) is 0 Å². The number of aryl methyl sites for hydroxylation is 1. The molecule has 0 radical (unpaired) electrons. The SMILES string of the molecule is Cc1nn(-c2ccccc2)c(C)c1CN(C)CC(=O)Nc1cccc2ccccc12. The molecule has 152 valence electrons. The predicted octanol–water partition coefficient (Wildman–Crippen LogP) is 4.71. The van der Waals surface area contributed by atoms with Gasteiger partial charge in [-0.2, -0.15) is 5.10 Å². The van der Waals surface area contributed by atoms with Crippen LogP contribution in [0.4, 0.5) is 5.69 Å². The Labute approximate surface area is 176 Å². The molecule has 1 N–H and O–H groups in total. The van der Waals surface area contributed by atoms with Crippen molar-refractivity contribution in [2.24, 2.45) is 0 Å². The lowest BCUT2D eigenvalue weighted by Gasteiger charge is -2.17. The second kappa shape index (κ2) is 8.51. The van der Waals surface area contributed by atoms with Crippen LogP contribution in [0.5, 0.6) is 0 Å². The van der Waals surface area contributed by atoms with E-state index in [0.717, 1.165) is 39.1 Å². The third kappa shape index (κ3) is 4.11.